The van der Waals surface area contributed by atoms with Gasteiger partial charge in [-0.05, 0) is 31.4 Å². The van der Waals surface area contributed by atoms with Crippen molar-refractivity contribution in [1.82, 2.24) is 10.2 Å². The van der Waals surface area contributed by atoms with Gasteiger partial charge in [-0.3, -0.25) is 5.10 Å². The maximum atomic E-state index is 4.54. The molecule has 1 N–H and O–H groups in total. The van der Waals surface area contributed by atoms with Crippen LogP contribution in [0.2, 0.25) is 0 Å². The summed E-state index contributed by atoms with van der Waals surface area (Å²) in [5.41, 5.74) is 3.91. The van der Waals surface area contributed by atoms with E-state index in [-0.39, 0.29) is 0 Å². The Hall–Kier alpha value is -1.31. The van der Waals surface area contributed by atoms with E-state index in [1.807, 2.05) is 0 Å². The van der Waals surface area contributed by atoms with Crippen molar-refractivity contribution < 1.29 is 0 Å². The number of benzene rings is 1. The molecule has 0 unspecified atom stereocenters. The van der Waals surface area contributed by atoms with Gasteiger partial charge in [0.1, 0.15) is 0 Å². The molecule has 1 aromatic carbocycles. The molecule has 0 radical (unpaired) electrons. The normalized spacial score (nSPS) is 19.5. The van der Waals surface area contributed by atoms with Gasteiger partial charge >= 0.3 is 0 Å². The molecule has 1 saturated carbocycles. The van der Waals surface area contributed by atoms with E-state index in [2.05, 4.69) is 35.3 Å². The second-order valence-electron chi connectivity index (χ2n) is 6.71. The molecule has 1 aliphatic rings. The van der Waals surface area contributed by atoms with E-state index in [9.17, 15) is 0 Å². The summed E-state index contributed by atoms with van der Waals surface area (Å²) in [6.45, 7) is 2.21. The van der Waals surface area contributed by atoms with E-state index in [1.165, 1.54) is 80.9 Å². The Morgan fingerprint density at radius 3 is 2.19 bits per heavy atom. The number of nitrogens with zero attached hydrogens (tertiary/aromatic N) is 1. The van der Waals surface area contributed by atoms with Gasteiger partial charge in [0.25, 0.3) is 0 Å². The number of hydrogen-bond donors (Lipinski definition) is 1. The Labute approximate surface area is 128 Å². The molecule has 1 aromatic heterocycles. The number of H-pyrrole nitrogens is 1. The van der Waals surface area contributed by atoms with Crippen LogP contribution in [-0.4, -0.2) is 10.2 Å². The van der Waals surface area contributed by atoms with Gasteiger partial charge in [0.15, 0.2) is 0 Å². The minimum atomic E-state index is 0.675. The first-order valence-corrected chi connectivity index (χ1v) is 8.80. The molecule has 0 aliphatic heterocycles. The molecule has 0 bridgehead atoms. The van der Waals surface area contributed by atoms with Gasteiger partial charge in [0.2, 0.25) is 0 Å². The molecule has 0 atom stereocenters. The van der Waals surface area contributed by atoms with Crippen molar-refractivity contribution in [3.8, 4) is 0 Å². The second kappa shape index (κ2) is 7.11. The van der Waals surface area contributed by atoms with Crippen molar-refractivity contribution in [1.29, 1.82) is 0 Å². The summed E-state index contributed by atoms with van der Waals surface area (Å²) in [7, 11) is 0. The van der Waals surface area contributed by atoms with Crippen molar-refractivity contribution in [2.45, 2.75) is 77.0 Å². The fourth-order valence-electron chi connectivity index (χ4n) is 3.84. The fourth-order valence-corrected chi connectivity index (χ4v) is 3.84. The Morgan fingerprint density at radius 2 is 1.52 bits per heavy atom. The van der Waals surface area contributed by atoms with Crippen LogP contribution in [0.4, 0.5) is 0 Å². The van der Waals surface area contributed by atoms with Crippen molar-refractivity contribution in [3.63, 3.8) is 0 Å². The van der Waals surface area contributed by atoms with E-state index < -0.39 is 0 Å². The van der Waals surface area contributed by atoms with Gasteiger partial charge in [-0.15, -0.1) is 0 Å². The molecule has 2 aromatic rings. The standard InChI is InChI=1S/C19H28N2/c1-15-11-10-14-17-18(15)19(21-20-17)16-12-8-6-4-2-3-5-7-9-13-16/h10-11,14,16H,2-9,12-13H2,1H3,(H,20,21). The quantitative estimate of drug-likeness (QED) is 0.697. The molecule has 3 rings (SSSR count). The smallest absolute Gasteiger partial charge is 0.0926 e. The Balaban J connectivity index is 1.83. The summed E-state index contributed by atoms with van der Waals surface area (Å²) >= 11 is 0. The third-order valence-electron chi connectivity index (χ3n) is 5.08. The molecule has 2 nitrogen and oxygen atoms in total. The van der Waals surface area contributed by atoms with E-state index >= 15 is 0 Å². The van der Waals surface area contributed by atoms with Gasteiger partial charge in [-0.1, -0.05) is 63.5 Å². The van der Waals surface area contributed by atoms with Gasteiger partial charge in [0.05, 0.1) is 5.52 Å². The maximum absolute atomic E-state index is 4.54. The van der Waals surface area contributed by atoms with Crippen molar-refractivity contribution in [2.75, 3.05) is 0 Å². The number of hydrogen-bond acceptors (Lipinski definition) is 1. The van der Waals surface area contributed by atoms with Gasteiger partial charge in [-0.2, -0.15) is 5.10 Å². The predicted octanol–water partition coefficient (Wildman–Crippen LogP) is 5.87. The highest BCUT2D eigenvalue weighted by Gasteiger charge is 2.18. The van der Waals surface area contributed by atoms with Crippen molar-refractivity contribution in [3.05, 3.63) is 29.5 Å². The zero-order valence-corrected chi connectivity index (χ0v) is 13.3. The van der Waals surface area contributed by atoms with Crippen LogP contribution >= 0.6 is 0 Å². The number of nitrogens with one attached hydrogen (secondary N) is 1. The van der Waals surface area contributed by atoms with Crippen LogP contribution in [0.15, 0.2) is 18.2 Å². The minimum Gasteiger partial charge on any atom is -0.281 e. The van der Waals surface area contributed by atoms with Crippen LogP contribution in [0.25, 0.3) is 10.9 Å². The molecular weight excluding hydrogens is 256 g/mol. The Morgan fingerprint density at radius 1 is 0.905 bits per heavy atom. The molecule has 21 heavy (non-hydrogen) atoms. The summed E-state index contributed by atoms with van der Waals surface area (Å²) < 4.78 is 0. The monoisotopic (exact) mass is 284 g/mol. The first kappa shape index (κ1) is 14.6. The molecule has 0 saturated heterocycles. The van der Waals surface area contributed by atoms with Crippen molar-refractivity contribution >= 4 is 10.9 Å². The lowest BCUT2D eigenvalue weighted by Crippen LogP contribution is -2.01. The highest BCUT2D eigenvalue weighted by molar-refractivity contribution is 5.85. The summed E-state index contributed by atoms with van der Waals surface area (Å²) in [5.74, 6) is 0.675. The number of aromatic nitrogens is 2. The average molecular weight is 284 g/mol. The van der Waals surface area contributed by atoms with Gasteiger partial charge < -0.3 is 0 Å². The van der Waals surface area contributed by atoms with Crippen LogP contribution in [-0.2, 0) is 0 Å². The number of rotatable bonds is 1. The molecule has 1 aliphatic carbocycles. The lowest BCUT2D eigenvalue weighted by Gasteiger charge is -2.16. The average Bonchev–Trinajstić information content (AvgIpc) is 2.89. The summed E-state index contributed by atoms with van der Waals surface area (Å²) in [5, 5.41) is 9.30. The molecule has 114 valence electrons. The van der Waals surface area contributed by atoms with E-state index in [0.29, 0.717) is 5.92 Å². The Bertz CT molecular complexity index is 558. The van der Waals surface area contributed by atoms with E-state index in [0.717, 1.165) is 5.52 Å². The lowest BCUT2D eigenvalue weighted by molar-refractivity contribution is 0.506. The molecule has 1 fully saturated rings. The largest absolute Gasteiger partial charge is 0.281 e. The summed E-state index contributed by atoms with van der Waals surface area (Å²) in [6, 6.07) is 6.46. The lowest BCUT2D eigenvalue weighted by atomic mass is 9.90. The zero-order chi connectivity index (χ0) is 14.5. The highest BCUT2D eigenvalue weighted by atomic mass is 15.1. The first-order valence-electron chi connectivity index (χ1n) is 8.80. The number of aryl methyl sites for hydroxylation is 1. The summed E-state index contributed by atoms with van der Waals surface area (Å²) in [4.78, 5) is 0. The maximum Gasteiger partial charge on any atom is 0.0926 e. The molecular formula is C19H28N2. The topological polar surface area (TPSA) is 28.7 Å². The molecule has 0 spiro atoms. The van der Waals surface area contributed by atoms with Crippen LogP contribution in [0.1, 0.15) is 81.4 Å². The van der Waals surface area contributed by atoms with Crippen molar-refractivity contribution in [2.24, 2.45) is 0 Å². The fraction of sp³-hybridized carbons (Fsp3) is 0.632. The molecule has 1 heterocycles. The van der Waals surface area contributed by atoms with Crippen LogP contribution in [0, 0.1) is 6.92 Å². The first-order chi connectivity index (χ1) is 10.4. The molecule has 0 amide bonds. The predicted molar refractivity (Wildman–Crippen MR) is 89.7 cm³/mol. The number of aromatic amines is 1. The van der Waals surface area contributed by atoms with Crippen LogP contribution in [0.3, 0.4) is 0 Å². The SMILES string of the molecule is Cc1cccc2n[nH]c(C3CCCCCCCCCC3)c12. The summed E-state index contributed by atoms with van der Waals surface area (Å²) in [6.07, 6.45) is 13.9. The van der Waals surface area contributed by atoms with Crippen LogP contribution < -0.4 is 0 Å². The third-order valence-corrected chi connectivity index (χ3v) is 5.08. The molecule has 2 heteroatoms. The number of fused-ring (bicyclic) bond motifs is 1. The van der Waals surface area contributed by atoms with Gasteiger partial charge in [-0.25, -0.2) is 0 Å². The van der Waals surface area contributed by atoms with E-state index in [4.69, 9.17) is 0 Å². The highest BCUT2D eigenvalue weighted by Crippen LogP contribution is 2.33. The van der Waals surface area contributed by atoms with Crippen LogP contribution in [0.5, 0.6) is 0 Å². The van der Waals surface area contributed by atoms with E-state index in [1.54, 1.807) is 0 Å². The zero-order valence-electron chi connectivity index (χ0n) is 13.3. The third kappa shape index (κ3) is 3.48. The van der Waals surface area contributed by atoms with Gasteiger partial charge in [0, 0.05) is 17.0 Å². The Kier molecular flexibility index (Phi) is 4.95. The minimum absolute atomic E-state index is 0.675. The second-order valence-corrected chi connectivity index (χ2v) is 6.71.